The van der Waals surface area contributed by atoms with Gasteiger partial charge in [-0.15, -0.1) is 0 Å². The van der Waals surface area contributed by atoms with Gasteiger partial charge in [0.15, 0.2) is 0 Å². The Hall–Kier alpha value is -0.500. The fourth-order valence-corrected chi connectivity index (χ4v) is 0.985. The van der Waals surface area contributed by atoms with E-state index < -0.39 is 0 Å². The third-order valence-electron chi connectivity index (χ3n) is 1.81. The van der Waals surface area contributed by atoms with Crippen LogP contribution in [0.4, 0.5) is 0 Å². The average molecular weight is 156 g/mol. The Balaban J connectivity index is 3.02. The molecule has 0 unspecified atom stereocenters. The van der Waals surface area contributed by atoms with Crippen molar-refractivity contribution in [3.63, 3.8) is 0 Å². The van der Waals surface area contributed by atoms with Crippen molar-refractivity contribution in [2.24, 2.45) is 11.5 Å². The maximum atomic E-state index is 5.37. The second kappa shape index (κ2) is 7.61. The summed E-state index contributed by atoms with van der Waals surface area (Å²) >= 11 is 0. The molecule has 0 radical (unpaired) electrons. The molecule has 2 nitrogen and oxygen atoms in total. The van der Waals surface area contributed by atoms with E-state index in [9.17, 15) is 0 Å². The Kier molecular flexibility index (Phi) is 7.26. The van der Waals surface area contributed by atoms with Crippen molar-refractivity contribution < 1.29 is 0 Å². The largest absolute Gasteiger partial charge is 0.405 e. The highest BCUT2D eigenvalue weighted by atomic mass is 14.5. The normalized spacial score (nSPS) is 12.0. The SMILES string of the molecule is C/C(=C\N)CCCCCCN. The fourth-order valence-electron chi connectivity index (χ4n) is 0.985. The average Bonchev–Trinajstić information content (AvgIpc) is 2.04. The molecule has 11 heavy (non-hydrogen) atoms. The van der Waals surface area contributed by atoms with Crippen LogP contribution in [0, 0.1) is 0 Å². The van der Waals surface area contributed by atoms with E-state index >= 15 is 0 Å². The van der Waals surface area contributed by atoms with E-state index in [1.807, 2.05) is 0 Å². The number of unbranched alkanes of at least 4 members (excludes halogenated alkanes) is 3. The third-order valence-corrected chi connectivity index (χ3v) is 1.81. The molecule has 0 bridgehead atoms. The summed E-state index contributed by atoms with van der Waals surface area (Å²) in [6.45, 7) is 2.90. The summed E-state index contributed by atoms with van der Waals surface area (Å²) in [5.74, 6) is 0. The first-order valence-corrected chi connectivity index (χ1v) is 4.38. The summed E-state index contributed by atoms with van der Waals surface area (Å²) in [6, 6.07) is 0. The predicted molar refractivity (Wildman–Crippen MR) is 50.1 cm³/mol. The first-order chi connectivity index (χ1) is 5.31. The molecule has 0 atom stereocenters. The predicted octanol–water partition coefficient (Wildman–Crippen LogP) is 1.76. The van der Waals surface area contributed by atoms with E-state index in [1.54, 1.807) is 6.20 Å². The third kappa shape index (κ3) is 7.40. The lowest BCUT2D eigenvalue weighted by Gasteiger charge is -1.99. The molecule has 0 aliphatic heterocycles. The molecule has 0 aromatic carbocycles. The minimum absolute atomic E-state index is 0.825. The van der Waals surface area contributed by atoms with Gasteiger partial charge in [-0.2, -0.15) is 0 Å². The highest BCUT2D eigenvalue weighted by molar-refractivity contribution is 4.93. The molecule has 0 rings (SSSR count). The fraction of sp³-hybridized carbons (Fsp3) is 0.778. The molecule has 0 saturated carbocycles. The van der Waals surface area contributed by atoms with Gasteiger partial charge in [0.1, 0.15) is 0 Å². The van der Waals surface area contributed by atoms with Gasteiger partial charge in [0.25, 0.3) is 0 Å². The summed E-state index contributed by atoms with van der Waals surface area (Å²) in [6.07, 6.45) is 7.78. The van der Waals surface area contributed by atoms with Crippen molar-refractivity contribution in [3.8, 4) is 0 Å². The zero-order valence-corrected chi connectivity index (χ0v) is 7.47. The van der Waals surface area contributed by atoms with Crippen molar-refractivity contribution >= 4 is 0 Å². The molecule has 2 heteroatoms. The van der Waals surface area contributed by atoms with Crippen LogP contribution in [-0.4, -0.2) is 6.54 Å². The monoisotopic (exact) mass is 156 g/mol. The number of hydrogen-bond acceptors (Lipinski definition) is 2. The lowest BCUT2D eigenvalue weighted by Crippen LogP contribution is -1.97. The van der Waals surface area contributed by atoms with Gasteiger partial charge in [0.2, 0.25) is 0 Å². The van der Waals surface area contributed by atoms with Crippen molar-refractivity contribution in [2.75, 3.05) is 6.54 Å². The second-order valence-corrected chi connectivity index (χ2v) is 2.97. The van der Waals surface area contributed by atoms with Crippen LogP contribution in [0.25, 0.3) is 0 Å². The van der Waals surface area contributed by atoms with Crippen LogP contribution in [0.1, 0.15) is 39.0 Å². The molecule has 0 aromatic heterocycles. The van der Waals surface area contributed by atoms with E-state index in [4.69, 9.17) is 11.5 Å². The molecule has 0 heterocycles. The van der Waals surface area contributed by atoms with Crippen LogP contribution in [0.15, 0.2) is 11.8 Å². The van der Waals surface area contributed by atoms with Crippen molar-refractivity contribution in [3.05, 3.63) is 11.8 Å². The van der Waals surface area contributed by atoms with Crippen LogP contribution >= 0.6 is 0 Å². The molecule has 0 aromatic rings. The van der Waals surface area contributed by atoms with E-state index in [2.05, 4.69) is 6.92 Å². The Bertz CT molecular complexity index is 108. The van der Waals surface area contributed by atoms with E-state index in [1.165, 1.54) is 24.8 Å². The molecular formula is C9H20N2. The van der Waals surface area contributed by atoms with Crippen LogP contribution in [0.5, 0.6) is 0 Å². The van der Waals surface area contributed by atoms with Gasteiger partial charge >= 0.3 is 0 Å². The summed E-state index contributed by atoms with van der Waals surface area (Å²) < 4.78 is 0. The molecule has 66 valence electrons. The van der Waals surface area contributed by atoms with Gasteiger partial charge < -0.3 is 11.5 Å². The molecule has 0 saturated heterocycles. The molecular weight excluding hydrogens is 136 g/mol. The lowest BCUT2D eigenvalue weighted by atomic mass is 10.1. The van der Waals surface area contributed by atoms with Gasteiger partial charge in [-0.3, -0.25) is 0 Å². The lowest BCUT2D eigenvalue weighted by molar-refractivity contribution is 0.644. The standard InChI is InChI=1S/C9H20N2/c1-9(8-11)6-4-2-3-5-7-10/h8H,2-7,10-11H2,1H3/b9-8+. The number of nitrogens with two attached hydrogens (primary N) is 2. The van der Waals surface area contributed by atoms with Gasteiger partial charge in [0.05, 0.1) is 0 Å². The second-order valence-electron chi connectivity index (χ2n) is 2.97. The topological polar surface area (TPSA) is 52.0 Å². The maximum Gasteiger partial charge on any atom is -0.00733 e. The van der Waals surface area contributed by atoms with E-state index in [0.717, 1.165) is 19.4 Å². The maximum absolute atomic E-state index is 5.37. The molecule has 4 N–H and O–H groups in total. The number of hydrogen-bond donors (Lipinski definition) is 2. The van der Waals surface area contributed by atoms with Crippen LogP contribution < -0.4 is 11.5 Å². The highest BCUT2D eigenvalue weighted by Crippen LogP contribution is 2.07. The first-order valence-electron chi connectivity index (χ1n) is 4.38. The van der Waals surface area contributed by atoms with Crippen molar-refractivity contribution in [2.45, 2.75) is 39.0 Å². The van der Waals surface area contributed by atoms with Crippen molar-refractivity contribution in [1.82, 2.24) is 0 Å². The number of allylic oxidation sites excluding steroid dienone is 1. The van der Waals surface area contributed by atoms with Gasteiger partial charge in [-0.25, -0.2) is 0 Å². The summed E-state index contributed by atoms with van der Waals surface area (Å²) in [5, 5.41) is 0. The Morgan fingerprint density at radius 2 is 1.82 bits per heavy atom. The molecule has 0 aliphatic rings. The quantitative estimate of drug-likeness (QED) is 0.576. The van der Waals surface area contributed by atoms with Gasteiger partial charge in [0, 0.05) is 0 Å². The van der Waals surface area contributed by atoms with Crippen LogP contribution in [0.2, 0.25) is 0 Å². The minimum Gasteiger partial charge on any atom is -0.405 e. The van der Waals surface area contributed by atoms with Crippen molar-refractivity contribution in [1.29, 1.82) is 0 Å². The highest BCUT2D eigenvalue weighted by Gasteiger charge is 1.90. The molecule has 0 fully saturated rings. The van der Waals surface area contributed by atoms with E-state index in [0.29, 0.717) is 0 Å². The van der Waals surface area contributed by atoms with E-state index in [-0.39, 0.29) is 0 Å². The zero-order chi connectivity index (χ0) is 8.53. The first kappa shape index (κ1) is 10.5. The summed E-state index contributed by atoms with van der Waals surface area (Å²) in [7, 11) is 0. The molecule has 0 amide bonds. The molecule has 0 aliphatic carbocycles. The molecule has 0 spiro atoms. The van der Waals surface area contributed by atoms with Gasteiger partial charge in [-0.1, -0.05) is 18.4 Å². The van der Waals surface area contributed by atoms with Gasteiger partial charge in [-0.05, 0) is 38.9 Å². The number of rotatable bonds is 6. The summed E-state index contributed by atoms with van der Waals surface area (Å²) in [4.78, 5) is 0. The van der Waals surface area contributed by atoms with Crippen LogP contribution in [0.3, 0.4) is 0 Å². The Morgan fingerprint density at radius 1 is 1.18 bits per heavy atom. The van der Waals surface area contributed by atoms with Crippen LogP contribution in [-0.2, 0) is 0 Å². The Labute approximate surface area is 69.6 Å². The Morgan fingerprint density at radius 3 is 2.36 bits per heavy atom. The smallest absolute Gasteiger partial charge is 0.00733 e. The minimum atomic E-state index is 0.825. The zero-order valence-electron chi connectivity index (χ0n) is 7.47. The summed E-state index contributed by atoms with van der Waals surface area (Å²) in [5.41, 5.74) is 12.0.